The second-order valence-corrected chi connectivity index (χ2v) is 8.71. The second kappa shape index (κ2) is 10.3. The lowest BCUT2D eigenvalue weighted by Crippen LogP contribution is -2.54. The van der Waals surface area contributed by atoms with E-state index in [9.17, 15) is 9.59 Å². The Hall–Kier alpha value is -2.82. The van der Waals surface area contributed by atoms with Crippen LogP contribution in [0.4, 0.5) is 0 Å². The molecule has 30 heavy (non-hydrogen) atoms. The summed E-state index contributed by atoms with van der Waals surface area (Å²) >= 11 is 0. The van der Waals surface area contributed by atoms with Gasteiger partial charge in [0, 0.05) is 12.1 Å². The van der Waals surface area contributed by atoms with Gasteiger partial charge in [0.25, 0.3) is 5.91 Å². The van der Waals surface area contributed by atoms with Gasteiger partial charge in [-0.3, -0.25) is 9.59 Å². The molecule has 0 aliphatic carbocycles. The summed E-state index contributed by atoms with van der Waals surface area (Å²) in [6.07, 6.45) is 0.518. The smallest absolute Gasteiger partial charge is 0.261 e. The van der Waals surface area contributed by atoms with Crippen molar-refractivity contribution in [1.82, 2.24) is 10.2 Å². The fourth-order valence-corrected chi connectivity index (χ4v) is 3.18. The molecule has 2 amide bonds. The molecule has 2 aromatic rings. The summed E-state index contributed by atoms with van der Waals surface area (Å²) in [5.41, 5.74) is 2.88. The average molecular weight is 411 g/mol. The molecule has 1 atom stereocenters. The molecule has 5 heteroatoms. The van der Waals surface area contributed by atoms with Crippen LogP contribution in [0.5, 0.6) is 5.75 Å². The molecule has 0 unspecified atom stereocenters. The number of nitrogens with zero attached hydrogens (tertiary/aromatic N) is 1. The van der Waals surface area contributed by atoms with E-state index in [0.717, 1.165) is 11.1 Å². The second-order valence-electron chi connectivity index (χ2n) is 8.71. The van der Waals surface area contributed by atoms with Crippen molar-refractivity contribution in [2.45, 2.75) is 66.1 Å². The van der Waals surface area contributed by atoms with E-state index in [4.69, 9.17) is 4.74 Å². The molecule has 0 bridgehead atoms. The quantitative estimate of drug-likeness (QED) is 0.701. The number of hydrogen-bond donors (Lipinski definition) is 1. The number of carbonyl (C=O) groups excluding carboxylic acids is 2. The molecular formula is C25H34N2O3. The van der Waals surface area contributed by atoms with Gasteiger partial charge in [-0.1, -0.05) is 43.3 Å². The van der Waals surface area contributed by atoms with Crippen LogP contribution in [0.1, 0.15) is 50.8 Å². The molecule has 0 saturated heterocycles. The Kier molecular flexibility index (Phi) is 8.04. The van der Waals surface area contributed by atoms with Gasteiger partial charge in [-0.2, -0.15) is 0 Å². The number of rotatable bonds is 8. The number of amides is 2. The third-order valence-electron chi connectivity index (χ3n) is 4.92. The maximum Gasteiger partial charge on any atom is 0.261 e. The first-order chi connectivity index (χ1) is 14.1. The lowest BCUT2D eigenvalue weighted by atomic mass is 10.1. The first-order valence-electron chi connectivity index (χ1n) is 10.5. The van der Waals surface area contributed by atoms with Crippen molar-refractivity contribution in [3.63, 3.8) is 0 Å². The minimum absolute atomic E-state index is 0.116. The van der Waals surface area contributed by atoms with Crippen LogP contribution in [0.25, 0.3) is 0 Å². The van der Waals surface area contributed by atoms with Gasteiger partial charge in [0.1, 0.15) is 11.8 Å². The number of ether oxygens (including phenoxy) is 1. The Labute approximate surface area is 180 Å². The summed E-state index contributed by atoms with van der Waals surface area (Å²) in [7, 11) is 0. The first-order valence-corrected chi connectivity index (χ1v) is 10.5. The van der Waals surface area contributed by atoms with Gasteiger partial charge in [-0.25, -0.2) is 0 Å². The minimum Gasteiger partial charge on any atom is -0.484 e. The van der Waals surface area contributed by atoms with Crippen molar-refractivity contribution in [2.24, 2.45) is 0 Å². The fraction of sp³-hybridized carbons (Fsp3) is 0.440. The lowest BCUT2D eigenvalue weighted by molar-refractivity contribution is -0.143. The predicted molar refractivity (Wildman–Crippen MR) is 120 cm³/mol. The van der Waals surface area contributed by atoms with Crippen molar-refractivity contribution in [2.75, 3.05) is 6.61 Å². The first kappa shape index (κ1) is 23.5. The molecule has 1 N–H and O–H groups in total. The summed E-state index contributed by atoms with van der Waals surface area (Å²) in [6.45, 7) is 12.0. The van der Waals surface area contributed by atoms with E-state index in [2.05, 4.69) is 5.32 Å². The van der Waals surface area contributed by atoms with Crippen molar-refractivity contribution in [3.05, 3.63) is 65.2 Å². The Balaban J connectivity index is 2.21. The SMILES string of the molecule is CC[C@H](C(=O)NC(C)(C)C)N(Cc1ccccc1)C(=O)COc1ccc(C)c(C)c1. The lowest BCUT2D eigenvalue weighted by Gasteiger charge is -2.33. The zero-order chi connectivity index (χ0) is 22.3. The maximum atomic E-state index is 13.2. The molecule has 0 aromatic heterocycles. The van der Waals surface area contributed by atoms with Crippen LogP contribution in [-0.2, 0) is 16.1 Å². The molecule has 0 aliphatic rings. The zero-order valence-electron chi connectivity index (χ0n) is 19.0. The Bertz CT molecular complexity index is 856. The summed E-state index contributed by atoms with van der Waals surface area (Å²) in [5, 5.41) is 3.01. The summed E-state index contributed by atoms with van der Waals surface area (Å²) in [6, 6.07) is 14.9. The normalized spacial score (nSPS) is 12.2. The Morgan fingerprint density at radius 3 is 2.27 bits per heavy atom. The molecule has 0 heterocycles. The molecular weight excluding hydrogens is 376 g/mol. The van der Waals surface area contributed by atoms with Crippen LogP contribution in [0, 0.1) is 13.8 Å². The van der Waals surface area contributed by atoms with Gasteiger partial charge >= 0.3 is 0 Å². The number of hydrogen-bond acceptors (Lipinski definition) is 3. The highest BCUT2D eigenvalue weighted by molar-refractivity contribution is 5.88. The highest BCUT2D eigenvalue weighted by Crippen LogP contribution is 2.18. The molecule has 0 radical (unpaired) electrons. The summed E-state index contributed by atoms with van der Waals surface area (Å²) in [4.78, 5) is 27.7. The largest absolute Gasteiger partial charge is 0.484 e. The van der Waals surface area contributed by atoms with E-state index in [1.54, 1.807) is 4.90 Å². The predicted octanol–water partition coefficient (Wildman–Crippen LogP) is 4.40. The van der Waals surface area contributed by atoms with Gasteiger partial charge in [0.15, 0.2) is 6.61 Å². The van der Waals surface area contributed by atoms with Gasteiger partial charge in [-0.05, 0) is 69.9 Å². The summed E-state index contributed by atoms with van der Waals surface area (Å²) < 4.78 is 5.77. The standard InChI is InChI=1S/C25H34N2O3/c1-7-22(24(29)26-25(4,5)6)27(16-20-11-9-8-10-12-20)23(28)17-30-21-14-13-18(2)19(3)15-21/h8-15,22H,7,16-17H2,1-6H3,(H,26,29)/t22-/m1/s1. The van der Waals surface area contributed by atoms with Gasteiger partial charge in [0.05, 0.1) is 0 Å². The Morgan fingerprint density at radius 2 is 1.70 bits per heavy atom. The fourth-order valence-electron chi connectivity index (χ4n) is 3.18. The van der Waals surface area contributed by atoms with E-state index < -0.39 is 6.04 Å². The average Bonchev–Trinajstić information content (AvgIpc) is 2.68. The van der Waals surface area contributed by atoms with Gasteiger partial charge in [0.2, 0.25) is 5.91 Å². The minimum atomic E-state index is -0.569. The van der Waals surface area contributed by atoms with E-state index >= 15 is 0 Å². The highest BCUT2D eigenvalue weighted by atomic mass is 16.5. The van der Waals surface area contributed by atoms with Crippen LogP contribution in [0.15, 0.2) is 48.5 Å². The van der Waals surface area contributed by atoms with Crippen LogP contribution >= 0.6 is 0 Å². The summed E-state index contributed by atoms with van der Waals surface area (Å²) in [5.74, 6) is 0.284. The Morgan fingerprint density at radius 1 is 1.03 bits per heavy atom. The third kappa shape index (κ3) is 6.90. The van der Waals surface area contributed by atoms with Crippen molar-refractivity contribution in [3.8, 4) is 5.75 Å². The van der Waals surface area contributed by atoms with Crippen molar-refractivity contribution in [1.29, 1.82) is 0 Å². The molecule has 0 aliphatic heterocycles. The molecule has 2 rings (SSSR count). The molecule has 5 nitrogen and oxygen atoms in total. The van der Waals surface area contributed by atoms with Gasteiger partial charge in [-0.15, -0.1) is 0 Å². The number of carbonyl (C=O) groups is 2. The molecule has 162 valence electrons. The zero-order valence-corrected chi connectivity index (χ0v) is 19.0. The molecule has 0 fully saturated rings. The third-order valence-corrected chi connectivity index (χ3v) is 4.92. The van der Waals surface area contributed by atoms with E-state index in [0.29, 0.717) is 18.7 Å². The van der Waals surface area contributed by atoms with Crippen LogP contribution in [0.3, 0.4) is 0 Å². The topological polar surface area (TPSA) is 58.6 Å². The molecule has 0 saturated carbocycles. The van der Waals surface area contributed by atoms with E-state index in [1.165, 1.54) is 5.56 Å². The van der Waals surface area contributed by atoms with Crippen LogP contribution < -0.4 is 10.1 Å². The molecule has 0 spiro atoms. The maximum absolute atomic E-state index is 13.2. The highest BCUT2D eigenvalue weighted by Gasteiger charge is 2.30. The van der Waals surface area contributed by atoms with Crippen LogP contribution in [-0.4, -0.2) is 34.9 Å². The van der Waals surface area contributed by atoms with E-state index in [-0.39, 0.29) is 24.0 Å². The molecule has 2 aromatic carbocycles. The number of nitrogens with one attached hydrogen (secondary N) is 1. The number of benzene rings is 2. The van der Waals surface area contributed by atoms with Crippen LogP contribution in [0.2, 0.25) is 0 Å². The van der Waals surface area contributed by atoms with Gasteiger partial charge < -0.3 is 15.0 Å². The van der Waals surface area contributed by atoms with Crippen molar-refractivity contribution < 1.29 is 14.3 Å². The van der Waals surface area contributed by atoms with Crippen molar-refractivity contribution >= 4 is 11.8 Å². The van der Waals surface area contributed by atoms with E-state index in [1.807, 2.05) is 90.1 Å². The number of aryl methyl sites for hydroxylation is 2. The monoisotopic (exact) mass is 410 g/mol.